The number of hydrogen-bond donors (Lipinski definition) is 1. The molecule has 0 aliphatic heterocycles. The Morgan fingerprint density at radius 1 is 0.773 bits per heavy atom. The Balaban J connectivity index is 1.86. The van der Waals surface area contributed by atoms with Crippen molar-refractivity contribution in [1.82, 2.24) is 0 Å². The van der Waals surface area contributed by atoms with Crippen molar-refractivity contribution in [3.05, 3.63) is 30.3 Å². The van der Waals surface area contributed by atoms with E-state index in [-0.39, 0.29) is 5.97 Å². The maximum Gasteiger partial charge on any atom is 0.311 e. The molecule has 0 heterocycles. The van der Waals surface area contributed by atoms with Crippen molar-refractivity contribution >= 4 is 5.97 Å². The predicted molar refractivity (Wildman–Crippen MR) is 91.9 cm³/mol. The van der Waals surface area contributed by atoms with Crippen molar-refractivity contribution in [3.8, 4) is 5.75 Å². The highest BCUT2D eigenvalue weighted by atomic mass is 16.5. The third-order valence-electron chi connectivity index (χ3n) is 3.81. The molecule has 0 saturated heterocycles. The van der Waals surface area contributed by atoms with Crippen molar-refractivity contribution in [1.29, 1.82) is 0 Å². The van der Waals surface area contributed by atoms with Gasteiger partial charge in [0.2, 0.25) is 0 Å². The highest BCUT2D eigenvalue weighted by Gasteiger charge is 2.03. The predicted octanol–water partition coefficient (Wildman–Crippen LogP) is 4.84. The summed E-state index contributed by atoms with van der Waals surface area (Å²) in [5, 5.41) is 0. The second-order valence-electron chi connectivity index (χ2n) is 5.86. The molecule has 0 aliphatic rings. The summed E-state index contributed by atoms with van der Waals surface area (Å²) in [6.45, 7) is 0.826. The Labute approximate surface area is 135 Å². The molecule has 1 aromatic rings. The average Bonchev–Trinajstić information content (AvgIpc) is 2.53. The second-order valence-corrected chi connectivity index (χ2v) is 5.86. The van der Waals surface area contributed by atoms with Gasteiger partial charge < -0.3 is 10.5 Å². The number of nitrogens with two attached hydrogens (primary N) is 1. The van der Waals surface area contributed by atoms with E-state index in [0.717, 1.165) is 19.4 Å². The van der Waals surface area contributed by atoms with Crippen LogP contribution in [0.25, 0.3) is 0 Å². The van der Waals surface area contributed by atoms with Crippen LogP contribution in [-0.2, 0) is 4.79 Å². The third-order valence-corrected chi connectivity index (χ3v) is 3.81. The number of ether oxygens (including phenoxy) is 1. The topological polar surface area (TPSA) is 52.3 Å². The molecule has 2 N–H and O–H groups in total. The SMILES string of the molecule is NCCCCCCCCCCCCC(=O)Oc1ccccc1. The fourth-order valence-electron chi connectivity index (χ4n) is 2.50. The van der Waals surface area contributed by atoms with Gasteiger partial charge in [0.1, 0.15) is 5.75 Å². The van der Waals surface area contributed by atoms with Gasteiger partial charge in [0.15, 0.2) is 0 Å². The Bertz CT molecular complexity index is 378. The van der Waals surface area contributed by atoms with Crippen LogP contribution >= 0.6 is 0 Å². The highest BCUT2D eigenvalue weighted by Crippen LogP contribution is 2.13. The molecule has 0 fully saturated rings. The van der Waals surface area contributed by atoms with E-state index in [0.29, 0.717) is 12.2 Å². The summed E-state index contributed by atoms with van der Waals surface area (Å²) in [6.07, 6.45) is 12.8. The molecule has 0 saturated carbocycles. The van der Waals surface area contributed by atoms with Crippen LogP contribution in [0.1, 0.15) is 70.6 Å². The van der Waals surface area contributed by atoms with E-state index in [9.17, 15) is 4.79 Å². The highest BCUT2D eigenvalue weighted by molar-refractivity contribution is 5.72. The number of esters is 1. The second kappa shape index (κ2) is 13.3. The van der Waals surface area contributed by atoms with Crippen molar-refractivity contribution in [3.63, 3.8) is 0 Å². The molecule has 0 atom stereocenters. The third kappa shape index (κ3) is 10.4. The van der Waals surface area contributed by atoms with Gasteiger partial charge in [0.05, 0.1) is 0 Å². The summed E-state index contributed by atoms with van der Waals surface area (Å²) in [4.78, 5) is 11.6. The molecule has 1 rings (SSSR count). The minimum absolute atomic E-state index is 0.119. The lowest BCUT2D eigenvalue weighted by Crippen LogP contribution is -2.07. The summed E-state index contributed by atoms with van der Waals surface area (Å²) in [6, 6.07) is 9.28. The van der Waals surface area contributed by atoms with Crippen molar-refractivity contribution in [2.45, 2.75) is 70.6 Å². The number of para-hydroxylation sites is 1. The van der Waals surface area contributed by atoms with Crippen LogP contribution in [0.5, 0.6) is 5.75 Å². The summed E-state index contributed by atoms with van der Waals surface area (Å²) in [5.41, 5.74) is 5.47. The smallest absolute Gasteiger partial charge is 0.311 e. The summed E-state index contributed by atoms with van der Waals surface area (Å²) in [7, 11) is 0. The fraction of sp³-hybridized carbons (Fsp3) is 0.632. The Morgan fingerprint density at radius 2 is 1.27 bits per heavy atom. The maximum absolute atomic E-state index is 11.6. The first kappa shape index (κ1) is 18.7. The fourth-order valence-corrected chi connectivity index (χ4v) is 2.50. The van der Waals surface area contributed by atoms with Gasteiger partial charge in [-0.25, -0.2) is 0 Å². The number of carbonyl (C=O) groups is 1. The molecular weight excluding hydrogens is 274 g/mol. The van der Waals surface area contributed by atoms with Gasteiger partial charge in [0.25, 0.3) is 0 Å². The van der Waals surface area contributed by atoms with Crippen LogP contribution < -0.4 is 10.5 Å². The van der Waals surface area contributed by atoms with E-state index in [4.69, 9.17) is 10.5 Å². The molecule has 0 spiro atoms. The zero-order chi connectivity index (χ0) is 15.9. The van der Waals surface area contributed by atoms with E-state index in [1.165, 1.54) is 51.4 Å². The minimum atomic E-state index is -0.119. The normalized spacial score (nSPS) is 10.6. The van der Waals surface area contributed by atoms with Gasteiger partial charge in [0, 0.05) is 6.42 Å². The van der Waals surface area contributed by atoms with E-state index in [1.807, 2.05) is 30.3 Å². The lowest BCUT2D eigenvalue weighted by molar-refractivity contribution is -0.134. The van der Waals surface area contributed by atoms with Crippen LogP contribution in [-0.4, -0.2) is 12.5 Å². The van der Waals surface area contributed by atoms with Crippen molar-refractivity contribution in [2.75, 3.05) is 6.54 Å². The summed E-state index contributed by atoms with van der Waals surface area (Å²) >= 11 is 0. The van der Waals surface area contributed by atoms with Gasteiger partial charge in [-0.05, 0) is 31.5 Å². The van der Waals surface area contributed by atoms with E-state index in [2.05, 4.69) is 0 Å². The molecule has 0 bridgehead atoms. The zero-order valence-electron chi connectivity index (χ0n) is 13.8. The lowest BCUT2D eigenvalue weighted by atomic mass is 10.1. The molecule has 0 amide bonds. The summed E-state index contributed by atoms with van der Waals surface area (Å²) in [5.74, 6) is 0.522. The Kier molecular flexibility index (Phi) is 11.3. The van der Waals surface area contributed by atoms with E-state index in [1.54, 1.807) is 0 Å². The van der Waals surface area contributed by atoms with Gasteiger partial charge in [-0.2, -0.15) is 0 Å². The molecule has 3 nitrogen and oxygen atoms in total. The standard InChI is InChI=1S/C19H31NO2/c20-17-13-8-6-4-2-1-3-5-7-12-16-19(21)22-18-14-10-9-11-15-18/h9-11,14-15H,1-8,12-13,16-17,20H2. The van der Waals surface area contributed by atoms with E-state index >= 15 is 0 Å². The van der Waals surface area contributed by atoms with Crippen LogP contribution in [0.4, 0.5) is 0 Å². The van der Waals surface area contributed by atoms with Crippen LogP contribution in [0.15, 0.2) is 30.3 Å². The quantitative estimate of drug-likeness (QED) is 0.322. The van der Waals surface area contributed by atoms with E-state index < -0.39 is 0 Å². The number of unbranched alkanes of at least 4 members (excludes halogenated alkanes) is 9. The molecule has 1 aromatic carbocycles. The Hall–Kier alpha value is -1.35. The number of benzene rings is 1. The number of rotatable bonds is 13. The monoisotopic (exact) mass is 305 g/mol. The van der Waals surface area contributed by atoms with Gasteiger partial charge in [-0.3, -0.25) is 4.79 Å². The lowest BCUT2D eigenvalue weighted by Gasteiger charge is -2.04. The minimum Gasteiger partial charge on any atom is -0.427 e. The first-order valence-electron chi connectivity index (χ1n) is 8.78. The van der Waals surface area contributed by atoms with Crippen molar-refractivity contribution in [2.24, 2.45) is 5.73 Å². The molecule has 0 unspecified atom stereocenters. The van der Waals surface area contributed by atoms with Crippen LogP contribution in [0, 0.1) is 0 Å². The maximum atomic E-state index is 11.6. The molecule has 0 aliphatic carbocycles. The largest absolute Gasteiger partial charge is 0.427 e. The molecule has 0 aromatic heterocycles. The molecule has 3 heteroatoms. The average molecular weight is 305 g/mol. The number of carbonyl (C=O) groups excluding carboxylic acids is 1. The van der Waals surface area contributed by atoms with Crippen LogP contribution in [0.3, 0.4) is 0 Å². The van der Waals surface area contributed by atoms with Crippen LogP contribution in [0.2, 0.25) is 0 Å². The zero-order valence-corrected chi connectivity index (χ0v) is 13.8. The van der Waals surface area contributed by atoms with Gasteiger partial charge >= 0.3 is 5.97 Å². The number of hydrogen-bond acceptors (Lipinski definition) is 3. The first-order chi connectivity index (χ1) is 10.8. The van der Waals surface area contributed by atoms with Gasteiger partial charge in [-0.15, -0.1) is 0 Å². The molecule has 22 heavy (non-hydrogen) atoms. The molecule has 124 valence electrons. The Morgan fingerprint density at radius 3 is 1.82 bits per heavy atom. The van der Waals surface area contributed by atoms with Gasteiger partial charge in [-0.1, -0.05) is 69.6 Å². The molecular formula is C19H31NO2. The first-order valence-corrected chi connectivity index (χ1v) is 8.78. The summed E-state index contributed by atoms with van der Waals surface area (Å²) < 4.78 is 5.26. The van der Waals surface area contributed by atoms with Crippen molar-refractivity contribution < 1.29 is 9.53 Å². The molecule has 0 radical (unpaired) electrons.